The summed E-state index contributed by atoms with van der Waals surface area (Å²) >= 11 is 0. The molecule has 16 heavy (non-hydrogen) atoms. The van der Waals surface area contributed by atoms with Crippen molar-refractivity contribution in [1.82, 2.24) is 9.88 Å². The Kier molecular flexibility index (Phi) is 4.09. The first-order valence-corrected chi connectivity index (χ1v) is 5.50. The molecule has 1 aromatic rings. The van der Waals surface area contributed by atoms with E-state index in [0.717, 1.165) is 12.2 Å². The van der Waals surface area contributed by atoms with Crippen molar-refractivity contribution in [2.24, 2.45) is 0 Å². The van der Waals surface area contributed by atoms with Gasteiger partial charge in [0.25, 0.3) is 0 Å². The summed E-state index contributed by atoms with van der Waals surface area (Å²) in [5.41, 5.74) is 2.24. The van der Waals surface area contributed by atoms with Gasteiger partial charge in [-0.3, -0.25) is 4.90 Å². The van der Waals surface area contributed by atoms with E-state index in [1.54, 1.807) is 0 Å². The van der Waals surface area contributed by atoms with Gasteiger partial charge < -0.3 is 0 Å². The molecule has 2 heteroatoms. The quantitative estimate of drug-likeness (QED) is 0.670. The summed E-state index contributed by atoms with van der Waals surface area (Å²) in [6.45, 7) is 7.31. The standard InChI is InChI=1S/C14H20N2/c1-14(2,3)12-8-9-13(15-11-12)7-6-10-16(4)5/h8-9,11H,10H2,1-5H3. The van der Waals surface area contributed by atoms with Crippen LogP contribution in [0.3, 0.4) is 0 Å². The monoisotopic (exact) mass is 216 g/mol. The number of hydrogen-bond donors (Lipinski definition) is 0. The van der Waals surface area contributed by atoms with E-state index in [2.05, 4.69) is 43.7 Å². The zero-order valence-corrected chi connectivity index (χ0v) is 10.8. The zero-order valence-electron chi connectivity index (χ0n) is 10.8. The summed E-state index contributed by atoms with van der Waals surface area (Å²) in [7, 11) is 4.01. The van der Waals surface area contributed by atoms with Crippen LogP contribution in [0.1, 0.15) is 32.0 Å². The lowest BCUT2D eigenvalue weighted by Gasteiger charge is -2.17. The molecule has 0 atom stereocenters. The minimum atomic E-state index is 0.155. The number of rotatable bonds is 1. The van der Waals surface area contributed by atoms with Gasteiger partial charge in [0.2, 0.25) is 0 Å². The second kappa shape index (κ2) is 5.14. The number of pyridine rings is 1. The lowest BCUT2D eigenvalue weighted by atomic mass is 9.88. The molecule has 0 aromatic carbocycles. The van der Waals surface area contributed by atoms with E-state index >= 15 is 0 Å². The molecule has 0 amide bonds. The summed E-state index contributed by atoms with van der Waals surface area (Å²) < 4.78 is 0. The molecular weight excluding hydrogens is 196 g/mol. The van der Waals surface area contributed by atoms with Gasteiger partial charge in [-0.2, -0.15) is 0 Å². The van der Waals surface area contributed by atoms with Gasteiger partial charge in [-0.25, -0.2) is 4.98 Å². The van der Waals surface area contributed by atoms with Gasteiger partial charge in [0.15, 0.2) is 0 Å². The van der Waals surface area contributed by atoms with Gasteiger partial charge in [0.1, 0.15) is 5.69 Å². The minimum Gasteiger partial charge on any atom is -0.299 e. The smallest absolute Gasteiger partial charge is 0.113 e. The maximum atomic E-state index is 4.35. The molecule has 0 spiro atoms. The largest absolute Gasteiger partial charge is 0.299 e. The van der Waals surface area contributed by atoms with Crippen LogP contribution in [0.15, 0.2) is 18.3 Å². The minimum absolute atomic E-state index is 0.155. The van der Waals surface area contributed by atoms with Crippen molar-refractivity contribution >= 4 is 0 Å². The predicted octanol–water partition coefficient (Wildman–Crippen LogP) is 2.29. The van der Waals surface area contributed by atoms with Crippen LogP contribution in [0.2, 0.25) is 0 Å². The second-order valence-electron chi connectivity index (χ2n) is 5.22. The van der Waals surface area contributed by atoms with Crippen LogP contribution in [0, 0.1) is 11.8 Å². The molecule has 0 aliphatic rings. The molecule has 0 N–H and O–H groups in total. The SMILES string of the molecule is CN(C)CC#Cc1ccc(C(C)(C)C)cn1. The van der Waals surface area contributed by atoms with Gasteiger partial charge in [0.05, 0.1) is 6.54 Å². The molecule has 0 saturated heterocycles. The molecule has 86 valence electrons. The Morgan fingerprint density at radius 1 is 1.25 bits per heavy atom. The summed E-state index contributed by atoms with van der Waals surface area (Å²) in [6, 6.07) is 4.09. The number of hydrogen-bond acceptors (Lipinski definition) is 2. The van der Waals surface area contributed by atoms with E-state index in [9.17, 15) is 0 Å². The van der Waals surface area contributed by atoms with Crippen LogP contribution in [-0.2, 0) is 5.41 Å². The van der Waals surface area contributed by atoms with Gasteiger partial charge in [0, 0.05) is 6.20 Å². The number of nitrogens with zero attached hydrogens (tertiary/aromatic N) is 2. The van der Waals surface area contributed by atoms with E-state index < -0.39 is 0 Å². The molecule has 0 saturated carbocycles. The molecule has 1 aromatic heterocycles. The highest BCUT2D eigenvalue weighted by Gasteiger charge is 2.13. The van der Waals surface area contributed by atoms with Crippen LogP contribution < -0.4 is 0 Å². The zero-order chi connectivity index (χ0) is 12.2. The van der Waals surface area contributed by atoms with Gasteiger partial charge in [-0.1, -0.05) is 32.8 Å². The van der Waals surface area contributed by atoms with Crippen LogP contribution in [0.4, 0.5) is 0 Å². The molecule has 1 rings (SSSR count). The third-order valence-corrected chi connectivity index (χ3v) is 2.24. The van der Waals surface area contributed by atoms with E-state index in [4.69, 9.17) is 0 Å². The highest BCUT2D eigenvalue weighted by molar-refractivity contribution is 5.31. The molecule has 0 unspecified atom stereocenters. The van der Waals surface area contributed by atoms with E-state index in [1.165, 1.54) is 5.56 Å². The molecule has 0 bridgehead atoms. The average Bonchev–Trinajstić information content (AvgIpc) is 2.16. The van der Waals surface area contributed by atoms with Crippen molar-refractivity contribution in [3.8, 4) is 11.8 Å². The molecule has 0 aliphatic heterocycles. The highest BCUT2D eigenvalue weighted by atomic mass is 15.0. The highest BCUT2D eigenvalue weighted by Crippen LogP contribution is 2.20. The van der Waals surface area contributed by atoms with E-state index in [0.29, 0.717) is 0 Å². The molecule has 2 nitrogen and oxygen atoms in total. The predicted molar refractivity (Wildman–Crippen MR) is 68.4 cm³/mol. The Morgan fingerprint density at radius 2 is 1.94 bits per heavy atom. The fourth-order valence-corrected chi connectivity index (χ4v) is 1.20. The lowest BCUT2D eigenvalue weighted by molar-refractivity contribution is 0.464. The summed E-state index contributed by atoms with van der Waals surface area (Å²) in [6.07, 6.45) is 1.92. The maximum Gasteiger partial charge on any atom is 0.113 e. The molecule has 0 radical (unpaired) electrons. The van der Waals surface area contributed by atoms with Crippen molar-refractivity contribution in [3.05, 3.63) is 29.6 Å². The fraction of sp³-hybridized carbons (Fsp3) is 0.500. The van der Waals surface area contributed by atoms with Crippen LogP contribution >= 0.6 is 0 Å². The first kappa shape index (κ1) is 12.7. The van der Waals surface area contributed by atoms with Crippen LogP contribution in [0.25, 0.3) is 0 Å². The fourth-order valence-electron chi connectivity index (χ4n) is 1.20. The van der Waals surface area contributed by atoms with Crippen molar-refractivity contribution in [1.29, 1.82) is 0 Å². The average molecular weight is 216 g/mol. The third kappa shape index (κ3) is 4.04. The van der Waals surface area contributed by atoms with Crippen LogP contribution in [-0.4, -0.2) is 30.5 Å². The Morgan fingerprint density at radius 3 is 2.38 bits per heavy atom. The summed E-state index contributed by atoms with van der Waals surface area (Å²) in [4.78, 5) is 6.39. The lowest BCUT2D eigenvalue weighted by Crippen LogP contribution is -2.11. The molecule has 0 aliphatic carbocycles. The van der Waals surface area contributed by atoms with Gasteiger partial charge >= 0.3 is 0 Å². The van der Waals surface area contributed by atoms with Crippen molar-refractivity contribution in [2.45, 2.75) is 26.2 Å². The van der Waals surface area contributed by atoms with Crippen molar-refractivity contribution in [3.63, 3.8) is 0 Å². The van der Waals surface area contributed by atoms with Gasteiger partial charge in [-0.05, 0) is 37.1 Å². The topological polar surface area (TPSA) is 16.1 Å². The summed E-state index contributed by atoms with van der Waals surface area (Å²) in [5.74, 6) is 6.12. The maximum absolute atomic E-state index is 4.35. The first-order valence-electron chi connectivity index (χ1n) is 5.50. The molecule has 0 fully saturated rings. The Labute approximate surface area is 98.7 Å². The summed E-state index contributed by atoms with van der Waals surface area (Å²) in [5, 5.41) is 0. The van der Waals surface area contributed by atoms with Crippen LogP contribution in [0.5, 0.6) is 0 Å². The molecule has 1 heterocycles. The number of aromatic nitrogens is 1. The van der Waals surface area contributed by atoms with Gasteiger partial charge in [-0.15, -0.1) is 0 Å². The molecular formula is C14H20N2. The second-order valence-corrected chi connectivity index (χ2v) is 5.22. The Bertz CT molecular complexity index is 385. The van der Waals surface area contributed by atoms with Crippen molar-refractivity contribution in [2.75, 3.05) is 20.6 Å². The van der Waals surface area contributed by atoms with Crippen molar-refractivity contribution < 1.29 is 0 Å². The normalized spacial score (nSPS) is 11.1. The Hall–Kier alpha value is -1.33. The third-order valence-electron chi connectivity index (χ3n) is 2.24. The Balaban J connectivity index is 2.75. The van der Waals surface area contributed by atoms with E-state index in [1.807, 2.05) is 31.3 Å². The van der Waals surface area contributed by atoms with E-state index in [-0.39, 0.29) is 5.41 Å². The first-order chi connectivity index (χ1) is 7.39.